The average Bonchev–Trinajstić information content (AvgIpc) is 2.20. The molecule has 0 aromatic rings. The van der Waals surface area contributed by atoms with Gasteiger partial charge in [-0.05, 0) is 49.9 Å². The highest BCUT2D eigenvalue weighted by molar-refractivity contribution is 4.80. The highest BCUT2D eigenvalue weighted by atomic mass is 15.1. The summed E-state index contributed by atoms with van der Waals surface area (Å²) in [6.07, 6.45) is 6.65. The lowest BCUT2D eigenvalue weighted by atomic mass is 9.84. The molecule has 0 radical (unpaired) electrons. The van der Waals surface area contributed by atoms with Crippen LogP contribution in [0, 0.1) is 17.8 Å². The predicted molar refractivity (Wildman–Crippen MR) is 69.3 cm³/mol. The standard InChI is InChI=1S/C14H28N2/c1-11-7-12(2)9-16(8-11)10-13-3-5-14(15)6-4-13/h11-14H,3-10,15H2,1-2H3. The monoisotopic (exact) mass is 224 g/mol. The number of hydrogen-bond donors (Lipinski definition) is 1. The van der Waals surface area contributed by atoms with Crippen LogP contribution in [0.4, 0.5) is 0 Å². The van der Waals surface area contributed by atoms with Crippen molar-refractivity contribution in [2.45, 2.75) is 52.0 Å². The van der Waals surface area contributed by atoms with Gasteiger partial charge in [-0.15, -0.1) is 0 Å². The minimum atomic E-state index is 0.496. The van der Waals surface area contributed by atoms with Gasteiger partial charge in [0.2, 0.25) is 0 Å². The number of piperidine rings is 1. The van der Waals surface area contributed by atoms with Gasteiger partial charge in [-0.2, -0.15) is 0 Å². The predicted octanol–water partition coefficient (Wildman–Crippen LogP) is 2.48. The van der Waals surface area contributed by atoms with Crippen molar-refractivity contribution in [2.24, 2.45) is 23.5 Å². The van der Waals surface area contributed by atoms with E-state index in [9.17, 15) is 0 Å². The fourth-order valence-electron chi connectivity index (χ4n) is 3.68. The van der Waals surface area contributed by atoms with E-state index in [-0.39, 0.29) is 0 Å². The van der Waals surface area contributed by atoms with Crippen LogP contribution in [0.3, 0.4) is 0 Å². The molecule has 0 amide bonds. The van der Waals surface area contributed by atoms with Crippen LogP contribution in [-0.4, -0.2) is 30.6 Å². The molecule has 2 aliphatic rings. The van der Waals surface area contributed by atoms with Crippen LogP contribution in [0.15, 0.2) is 0 Å². The fourth-order valence-corrected chi connectivity index (χ4v) is 3.68. The highest BCUT2D eigenvalue weighted by Crippen LogP contribution is 2.27. The van der Waals surface area contributed by atoms with E-state index >= 15 is 0 Å². The third kappa shape index (κ3) is 3.46. The second-order valence-electron chi connectivity index (χ2n) is 6.45. The molecule has 2 atom stereocenters. The molecular formula is C14H28N2. The molecule has 1 saturated carbocycles. The van der Waals surface area contributed by atoms with Crippen molar-refractivity contribution in [1.29, 1.82) is 0 Å². The highest BCUT2D eigenvalue weighted by Gasteiger charge is 2.25. The van der Waals surface area contributed by atoms with Gasteiger partial charge in [0.1, 0.15) is 0 Å². The van der Waals surface area contributed by atoms with Crippen LogP contribution in [0.1, 0.15) is 46.0 Å². The van der Waals surface area contributed by atoms with Crippen molar-refractivity contribution in [3.05, 3.63) is 0 Å². The van der Waals surface area contributed by atoms with Crippen molar-refractivity contribution in [3.8, 4) is 0 Å². The first-order chi connectivity index (χ1) is 7.63. The van der Waals surface area contributed by atoms with E-state index in [1.54, 1.807) is 0 Å². The third-order valence-corrected chi connectivity index (χ3v) is 4.35. The van der Waals surface area contributed by atoms with Gasteiger partial charge in [-0.1, -0.05) is 13.8 Å². The van der Waals surface area contributed by atoms with E-state index in [0.717, 1.165) is 17.8 Å². The molecule has 1 heterocycles. The first-order valence-electron chi connectivity index (χ1n) is 7.11. The molecule has 94 valence electrons. The quantitative estimate of drug-likeness (QED) is 0.781. The molecule has 2 rings (SSSR count). The molecule has 2 unspecified atom stereocenters. The van der Waals surface area contributed by atoms with Gasteiger partial charge in [-0.25, -0.2) is 0 Å². The van der Waals surface area contributed by atoms with E-state index in [4.69, 9.17) is 5.73 Å². The van der Waals surface area contributed by atoms with Gasteiger partial charge < -0.3 is 10.6 Å². The zero-order valence-corrected chi connectivity index (χ0v) is 11.0. The number of hydrogen-bond acceptors (Lipinski definition) is 2. The number of nitrogens with zero attached hydrogens (tertiary/aromatic N) is 1. The summed E-state index contributed by atoms with van der Waals surface area (Å²) in [6.45, 7) is 8.79. The van der Waals surface area contributed by atoms with Crippen LogP contribution in [0.2, 0.25) is 0 Å². The number of likely N-dealkylation sites (tertiary alicyclic amines) is 1. The Balaban J connectivity index is 1.76. The maximum absolute atomic E-state index is 5.96. The summed E-state index contributed by atoms with van der Waals surface area (Å²) in [7, 11) is 0. The van der Waals surface area contributed by atoms with E-state index in [1.165, 1.54) is 51.7 Å². The normalized spacial score (nSPS) is 42.2. The average molecular weight is 224 g/mol. The Morgan fingerprint density at radius 2 is 1.56 bits per heavy atom. The topological polar surface area (TPSA) is 29.3 Å². The van der Waals surface area contributed by atoms with Crippen LogP contribution >= 0.6 is 0 Å². The molecule has 1 saturated heterocycles. The summed E-state index contributed by atoms with van der Waals surface area (Å²) in [5.74, 6) is 2.72. The lowest BCUT2D eigenvalue weighted by Crippen LogP contribution is -2.42. The Hall–Kier alpha value is -0.0800. The zero-order chi connectivity index (χ0) is 11.5. The SMILES string of the molecule is CC1CC(C)CN(CC2CCC(N)CC2)C1. The van der Waals surface area contributed by atoms with Gasteiger partial charge in [0.05, 0.1) is 0 Å². The first kappa shape index (κ1) is 12.4. The number of nitrogens with two attached hydrogens (primary N) is 1. The summed E-state index contributed by atoms with van der Waals surface area (Å²) in [5.41, 5.74) is 5.96. The molecule has 2 fully saturated rings. The van der Waals surface area contributed by atoms with E-state index in [2.05, 4.69) is 18.7 Å². The van der Waals surface area contributed by atoms with Crippen molar-refractivity contribution >= 4 is 0 Å². The van der Waals surface area contributed by atoms with Crippen molar-refractivity contribution in [1.82, 2.24) is 4.90 Å². The Morgan fingerprint density at radius 1 is 1.00 bits per heavy atom. The van der Waals surface area contributed by atoms with Crippen molar-refractivity contribution < 1.29 is 0 Å². The summed E-state index contributed by atoms with van der Waals surface area (Å²) < 4.78 is 0. The first-order valence-corrected chi connectivity index (χ1v) is 7.11. The molecule has 16 heavy (non-hydrogen) atoms. The van der Waals surface area contributed by atoms with Crippen LogP contribution in [0.25, 0.3) is 0 Å². The van der Waals surface area contributed by atoms with Crippen LogP contribution < -0.4 is 5.73 Å². The third-order valence-electron chi connectivity index (χ3n) is 4.35. The van der Waals surface area contributed by atoms with Gasteiger partial charge in [0.25, 0.3) is 0 Å². The molecule has 2 N–H and O–H groups in total. The maximum Gasteiger partial charge on any atom is 0.00390 e. The summed E-state index contributed by atoms with van der Waals surface area (Å²) >= 11 is 0. The summed E-state index contributed by atoms with van der Waals surface area (Å²) in [6, 6.07) is 0.496. The molecule has 1 aliphatic heterocycles. The van der Waals surface area contributed by atoms with Gasteiger partial charge >= 0.3 is 0 Å². The Morgan fingerprint density at radius 3 is 2.12 bits per heavy atom. The van der Waals surface area contributed by atoms with Crippen LogP contribution in [0.5, 0.6) is 0 Å². The molecule has 1 aliphatic carbocycles. The smallest absolute Gasteiger partial charge is 0.00390 e. The molecule has 0 aromatic carbocycles. The van der Waals surface area contributed by atoms with Gasteiger partial charge in [0, 0.05) is 25.7 Å². The van der Waals surface area contributed by atoms with Crippen molar-refractivity contribution in [2.75, 3.05) is 19.6 Å². The Kier molecular flexibility index (Phi) is 4.26. The summed E-state index contributed by atoms with van der Waals surface area (Å²) in [5, 5.41) is 0. The fraction of sp³-hybridized carbons (Fsp3) is 1.00. The largest absolute Gasteiger partial charge is 0.328 e. The molecular weight excluding hydrogens is 196 g/mol. The second-order valence-corrected chi connectivity index (χ2v) is 6.45. The molecule has 0 aromatic heterocycles. The van der Waals surface area contributed by atoms with Crippen LogP contribution in [-0.2, 0) is 0 Å². The lowest BCUT2D eigenvalue weighted by molar-refractivity contribution is 0.110. The minimum absolute atomic E-state index is 0.496. The van der Waals surface area contributed by atoms with E-state index in [1.807, 2.05) is 0 Å². The maximum atomic E-state index is 5.96. The lowest BCUT2D eigenvalue weighted by Gasteiger charge is -2.38. The minimum Gasteiger partial charge on any atom is -0.328 e. The number of rotatable bonds is 2. The Bertz CT molecular complexity index is 199. The molecule has 2 nitrogen and oxygen atoms in total. The van der Waals surface area contributed by atoms with Gasteiger partial charge in [-0.3, -0.25) is 0 Å². The Labute approximate surface area is 101 Å². The molecule has 0 bridgehead atoms. The summed E-state index contributed by atoms with van der Waals surface area (Å²) in [4.78, 5) is 2.71. The van der Waals surface area contributed by atoms with E-state index < -0.39 is 0 Å². The van der Waals surface area contributed by atoms with Gasteiger partial charge in [0.15, 0.2) is 0 Å². The van der Waals surface area contributed by atoms with Crippen molar-refractivity contribution in [3.63, 3.8) is 0 Å². The zero-order valence-electron chi connectivity index (χ0n) is 11.0. The van der Waals surface area contributed by atoms with E-state index in [0.29, 0.717) is 6.04 Å². The molecule has 0 spiro atoms. The second kappa shape index (κ2) is 5.50. The molecule has 2 heteroatoms.